The van der Waals surface area contributed by atoms with E-state index in [0.29, 0.717) is 5.02 Å². The second kappa shape index (κ2) is 22.0. The maximum absolute atomic E-state index is 14.2. The molecule has 28 heteroatoms. The fourth-order valence-corrected chi connectivity index (χ4v) is 9.16. The molecule has 1 heterocycles. The summed E-state index contributed by atoms with van der Waals surface area (Å²) in [6, 6.07) is 21.4. The maximum atomic E-state index is 14.2. The van der Waals surface area contributed by atoms with Crippen molar-refractivity contribution in [2.24, 2.45) is 0 Å². The zero-order chi connectivity index (χ0) is 61.0. The molecule has 1 aromatic heterocycles. The Morgan fingerprint density at radius 2 is 0.646 bits per heavy atom. The van der Waals surface area contributed by atoms with Crippen LogP contribution < -0.4 is 31.2 Å². The van der Waals surface area contributed by atoms with Gasteiger partial charge in [0.05, 0.1) is 50.6 Å². The second-order valence-corrected chi connectivity index (χ2v) is 18.5. The molecule has 0 spiro atoms. The van der Waals surface area contributed by atoms with E-state index in [0.717, 1.165) is 23.7 Å². The number of benzene rings is 7. The molecule has 0 amide bonds. The molecule has 0 bridgehead atoms. The molecular formula is C54H29BClF24NO. The van der Waals surface area contributed by atoms with Gasteiger partial charge >= 0.3 is 55.3 Å². The molecule has 434 valence electrons. The molecule has 0 fully saturated rings. The number of halogens is 25. The van der Waals surface area contributed by atoms with Gasteiger partial charge in [-0.25, -0.2) is 0 Å². The van der Waals surface area contributed by atoms with Gasteiger partial charge in [-0.2, -0.15) is 132 Å². The Bertz CT molecular complexity index is 3180. The van der Waals surface area contributed by atoms with Crippen LogP contribution in [-0.2, 0) is 56.0 Å². The van der Waals surface area contributed by atoms with E-state index in [4.69, 9.17) is 16.3 Å². The van der Waals surface area contributed by atoms with Crippen LogP contribution in [0.25, 0.3) is 10.9 Å². The molecule has 0 radical (unpaired) electrons. The molecule has 0 unspecified atom stereocenters. The fourth-order valence-electron chi connectivity index (χ4n) is 8.98. The van der Waals surface area contributed by atoms with Gasteiger partial charge in [0.15, 0.2) is 6.54 Å². The summed E-state index contributed by atoms with van der Waals surface area (Å²) in [5.41, 5.74) is -27.9. The van der Waals surface area contributed by atoms with Gasteiger partial charge in [-0.1, -0.05) is 109 Å². The van der Waals surface area contributed by atoms with Gasteiger partial charge < -0.3 is 4.74 Å². The van der Waals surface area contributed by atoms with Crippen molar-refractivity contribution >= 4 is 50.5 Å². The van der Waals surface area contributed by atoms with E-state index in [9.17, 15) is 105 Å². The van der Waals surface area contributed by atoms with Crippen molar-refractivity contribution in [2.45, 2.75) is 56.0 Å². The Kier molecular flexibility index (Phi) is 16.6. The molecule has 0 aliphatic carbocycles. The van der Waals surface area contributed by atoms with Crippen molar-refractivity contribution in [1.29, 1.82) is 0 Å². The van der Waals surface area contributed by atoms with Crippen molar-refractivity contribution in [2.75, 3.05) is 0 Å². The lowest BCUT2D eigenvalue weighted by atomic mass is 9.12. The number of fused-ring (bicyclic) bond motifs is 1. The first kappa shape index (κ1) is 62.0. The predicted octanol–water partition coefficient (Wildman–Crippen LogP) is 16.8. The lowest BCUT2D eigenvalue weighted by Gasteiger charge is -2.46. The minimum Gasteiger partial charge on any atom is -0.405 e. The molecule has 0 saturated heterocycles. The van der Waals surface area contributed by atoms with Gasteiger partial charge in [0.1, 0.15) is 11.9 Å². The number of pyridine rings is 1. The van der Waals surface area contributed by atoms with E-state index < -0.39 is 195 Å². The van der Waals surface area contributed by atoms with Gasteiger partial charge in [0.2, 0.25) is 5.52 Å². The summed E-state index contributed by atoms with van der Waals surface area (Å²) in [5, 5.41) is 1.84. The van der Waals surface area contributed by atoms with E-state index in [2.05, 4.69) is 47.0 Å². The number of para-hydroxylation sites is 1. The van der Waals surface area contributed by atoms with E-state index in [-0.39, 0.29) is 0 Å². The summed E-state index contributed by atoms with van der Waals surface area (Å²) in [5.74, 6) is 1.51. The zero-order valence-electron chi connectivity index (χ0n) is 40.2. The number of hydrogen-bond donors (Lipinski definition) is 0. The number of nitrogens with zero attached hydrogens (tertiary/aromatic N) is 1. The maximum Gasteiger partial charge on any atom is 0.416 e. The predicted molar refractivity (Wildman–Crippen MR) is 251 cm³/mol. The quantitative estimate of drug-likeness (QED) is 0.0840. The van der Waals surface area contributed by atoms with Crippen LogP contribution in [0.5, 0.6) is 11.6 Å². The molecule has 7 aromatic carbocycles. The average molecular weight is 1210 g/mol. The van der Waals surface area contributed by atoms with Crippen LogP contribution in [0.2, 0.25) is 5.02 Å². The van der Waals surface area contributed by atoms with E-state index in [1.165, 1.54) is 10.9 Å². The largest absolute Gasteiger partial charge is 0.416 e. The molecule has 2 nitrogen and oxygen atoms in total. The Morgan fingerprint density at radius 3 is 0.963 bits per heavy atom. The Balaban J connectivity index is 0.000000318. The summed E-state index contributed by atoms with van der Waals surface area (Å²) in [4.78, 5) is 0. The van der Waals surface area contributed by atoms with Crippen molar-refractivity contribution < 1.29 is 115 Å². The monoisotopic (exact) mass is 1210 g/mol. The van der Waals surface area contributed by atoms with Crippen molar-refractivity contribution in [3.63, 3.8) is 0 Å². The third-order valence-electron chi connectivity index (χ3n) is 12.5. The number of rotatable bonds is 8. The van der Waals surface area contributed by atoms with Crippen LogP contribution in [0, 0.1) is 0 Å². The van der Waals surface area contributed by atoms with Crippen LogP contribution in [0.4, 0.5) is 105 Å². The summed E-state index contributed by atoms with van der Waals surface area (Å²) in [6.07, 6.45) is -54.8. The van der Waals surface area contributed by atoms with E-state index in [1.54, 1.807) is 0 Å². The lowest BCUT2D eigenvalue weighted by molar-refractivity contribution is -0.666. The average Bonchev–Trinajstić information content (AvgIpc) is 1.69. The zero-order valence-corrected chi connectivity index (χ0v) is 40.9. The first-order valence-corrected chi connectivity index (χ1v) is 23.2. The molecule has 0 N–H and O–H groups in total. The Labute approximate surface area is 450 Å². The van der Waals surface area contributed by atoms with Gasteiger partial charge in [-0.15, -0.1) is 0 Å². The second-order valence-electron chi connectivity index (χ2n) is 18.1. The highest BCUT2D eigenvalue weighted by atomic mass is 35.5. The topological polar surface area (TPSA) is 13.1 Å². The SMILES string of the molecule is Clc1cccc(Oc2ccc3ccccc3[n+]2Cc2ccccc2)c1.FC(F)(F)c1cc([B-](c2cc(C(F)(F)F)cc(C(F)(F)F)c2)(c2cc(C(F)(F)F)cc(C(F)(F)F)c2)c2cc(C(F)(F)F)cc(C(F)(F)F)c2)cc(C(F)(F)F)c1. The van der Waals surface area contributed by atoms with Crippen LogP contribution >= 0.6 is 11.6 Å². The molecule has 8 rings (SSSR count). The normalized spacial score (nSPS) is 13.2. The number of hydrogen-bond acceptors (Lipinski definition) is 1. The van der Waals surface area contributed by atoms with Crippen molar-refractivity contribution in [3.05, 3.63) is 219 Å². The number of ether oxygens (including phenoxy) is 1. The summed E-state index contributed by atoms with van der Waals surface area (Å²) >= 11 is 6.09. The summed E-state index contributed by atoms with van der Waals surface area (Å²) in [7, 11) is 0. The third kappa shape index (κ3) is 14.0. The number of aromatic nitrogens is 1. The molecule has 82 heavy (non-hydrogen) atoms. The lowest BCUT2D eigenvalue weighted by Crippen LogP contribution is -2.75. The molecule has 0 atom stereocenters. The van der Waals surface area contributed by atoms with E-state index in [1.807, 2.05) is 48.5 Å². The van der Waals surface area contributed by atoms with Crippen LogP contribution in [0.15, 0.2) is 164 Å². The van der Waals surface area contributed by atoms with Crippen LogP contribution in [-0.4, -0.2) is 6.15 Å². The third-order valence-corrected chi connectivity index (χ3v) is 12.8. The van der Waals surface area contributed by atoms with Gasteiger partial charge in [0, 0.05) is 22.0 Å². The first-order chi connectivity index (χ1) is 37.6. The molecular weight excluding hydrogens is 1180 g/mol. The van der Waals surface area contributed by atoms with E-state index >= 15 is 0 Å². The summed E-state index contributed by atoms with van der Waals surface area (Å²) in [6.45, 7) is 0.734. The van der Waals surface area contributed by atoms with Gasteiger partial charge in [-0.05, 0) is 54.6 Å². The number of alkyl halides is 24. The van der Waals surface area contributed by atoms with Crippen molar-refractivity contribution in [1.82, 2.24) is 0 Å². The highest BCUT2D eigenvalue weighted by Crippen LogP contribution is 2.42. The smallest absolute Gasteiger partial charge is 0.405 e. The van der Waals surface area contributed by atoms with Crippen molar-refractivity contribution in [3.8, 4) is 11.6 Å². The Hall–Kier alpha value is -7.58. The molecule has 8 aromatic rings. The minimum atomic E-state index is -6.13. The standard InChI is InChI=1S/C32H12BF24.C22H17ClNO/c34-25(35,36)13-1-14(26(37,38)39)6-21(5-13)33(22-7-15(27(40,41)42)2-16(8-22)28(43,44)45,23-9-17(29(46,47)48)3-18(10-23)30(49,50)51)24-11-19(31(52,53)54)4-20(12-24)32(55,56)57;23-19-10-6-11-20(15-19)25-22-14-13-18-9-4-5-12-21(18)24(22)16-17-7-2-1-3-8-17/h1-12H;1-15H,16H2/q-1;+1. The van der Waals surface area contributed by atoms with Gasteiger partial charge in [-0.3, -0.25) is 0 Å². The molecule has 0 saturated carbocycles. The van der Waals surface area contributed by atoms with Crippen LogP contribution in [0.3, 0.4) is 0 Å². The summed E-state index contributed by atoms with van der Waals surface area (Å²) < 4.78 is 349. The highest BCUT2D eigenvalue weighted by Gasteiger charge is 2.47. The molecule has 0 aliphatic rings. The first-order valence-electron chi connectivity index (χ1n) is 22.8. The fraction of sp³-hybridized carbons (Fsp3) is 0.167. The van der Waals surface area contributed by atoms with Crippen LogP contribution in [0.1, 0.15) is 50.1 Å². The Morgan fingerprint density at radius 1 is 0.329 bits per heavy atom. The minimum absolute atomic E-state index is 0.660. The van der Waals surface area contributed by atoms with Gasteiger partial charge in [0.25, 0.3) is 0 Å². The highest BCUT2D eigenvalue weighted by molar-refractivity contribution is 7.20. The molecule has 0 aliphatic heterocycles.